The molecule has 0 aromatic heterocycles. The van der Waals surface area contributed by atoms with Gasteiger partial charge in [0.2, 0.25) is 0 Å². The number of methoxy groups -OCH3 is 1. The number of likely N-dealkylation sites (tertiary alicyclic amines) is 1. The summed E-state index contributed by atoms with van der Waals surface area (Å²) >= 11 is 0. The van der Waals surface area contributed by atoms with E-state index in [1.165, 1.54) is 12.8 Å². The third-order valence-corrected chi connectivity index (χ3v) is 5.56. The molecule has 134 valence electrons. The molecule has 2 atom stereocenters. The minimum atomic E-state index is -0.142. The van der Waals surface area contributed by atoms with E-state index < -0.39 is 0 Å². The summed E-state index contributed by atoms with van der Waals surface area (Å²) in [5, 5.41) is 23.8. The number of ether oxygens (including phenoxy) is 1. The van der Waals surface area contributed by atoms with Crippen LogP contribution in [0.25, 0.3) is 0 Å². The molecule has 2 unspecified atom stereocenters. The molecule has 0 spiro atoms. The second-order valence-electron chi connectivity index (χ2n) is 7.10. The van der Waals surface area contributed by atoms with Gasteiger partial charge in [0.05, 0.1) is 13.2 Å². The lowest BCUT2D eigenvalue weighted by atomic mass is 9.89. The highest BCUT2D eigenvalue weighted by Crippen LogP contribution is 2.27. The van der Waals surface area contributed by atoms with Crippen LogP contribution in [0.15, 0.2) is 18.2 Å². The first-order chi connectivity index (χ1) is 11.7. The summed E-state index contributed by atoms with van der Waals surface area (Å²) in [6.07, 6.45) is 6.54. The van der Waals surface area contributed by atoms with Crippen molar-refractivity contribution < 1.29 is 14.9 Å². The first-order valence-electron chi connectivity index (χ1n) is 9.18. The van der Waals surface area contributed by atoms with Crippen molar-refractivity contribution in [3.63, 3.8) is 0 Å². The molecule has 3 rings (SSSR count). The summed E-state index contributed by atoms with van der Waals surface area (Å²) in [4.78, 5) is 2.48. The second kappa shape index (κ2) is 8.19. The lowest BCUT2D eigenvalue weighted by molar-refractivity contribution is 0.00713. The van der Waals surface area contributed by atoms with Gasteiger partial charge >= 0.3 is 0 Å². The Hall–Kier alpha value is -1.30. The number of nitrogens with zero attached hydrogens (tertiary/aromatic N) is 1. The zero-order valence-corrected chi connectivity index (χ0v) is 14.6. The van der Waals surface area contributed by atoms with Crippen molar-refractivity contribution in [2.45, 2.75) is 63.3 Å². The first-order valence-corrected chi connectivity index (χ1v) is 9.18. The van der Waals surface area contributed by atoms with Crippen LogP contribution in [0.4, 0.5) is 0 Å². The number of rotatable bonds is 5. The fourth-order valence-corrected chi connectivity index (χ4v) is 4.04. The summed E-state index contributed by atoms with van der Waals surface area (Å²) in [5.74, 6) is 1.08. The van der Waals surface area contributed by atoms with Crippen LogP contribution in [0.5, 0.6) is 11.5 Å². The molecule has 0 bridgehead atoms. The molecule has 2 aliphatic rings. The molecule has 0 radical (unpaired) electrons. The third kappa shape index (κ3) is 4.21. The Morgan fingerprint density at radius 2 is 1.92 bits per heavy atom. The number of phenols is 1. The molecule has 3 N–H and O–H groups in total. The predicted molar refractivity (Wildman–Crippen MR) is 94.4 cm³/mol. The highest BCUT2D eigenvalue weighted by atomic mass is 16.5. The van der Waals surface area contributed by atoms with Crippen molar-refractivity contribution in [2.24, 2.45) is 0 Å². The monoisotopic (exact) mass is 334 g/mol. The van der Waals surface area contributed by atoms with E-state index in [1.807, 2.05) is 6.07 Å². The van der Waals surface area contributed by atoms with Gasteiger partial charge in [0.25, 0.3) is 0 Å². The average molecular weight is 334 g/mol. The molecule has 2 fully saturated rings. The number of benzene rings is 1. The number of nitrogens with one attached hydrogen (secondary N) is 1. The number of hydrogen-bond acceptors (Lipinski definition) is 5. The van der Waals surface area contributed by atoms with Gasteiger partial charge in [0.15, 0.2) is 0 Å². The van der Waals surface area contributed by atoms with Crippen LogP contribution in [0.1, 0.15) is 44.1 Å². The third-order valence-electron chi connectivity index (χ3n) is 5.56. The van der Waals surface area contributed by atoms with E-state index in [2.05, 4.69) is 10.2 Å². The summed E-state index contributed by atoms with van der Waals surface area (Å²) in [6.45, 7) is 2.74. The smallest absolute Gasteiger partial charge is 0.120 e. The van der Waals surface area contributed by atoms with Crippen LogP contribution in [0, 0.1) is 0 Å². The molecule has 1 aromatic carbocycles. The van der Waals surface area contributed by atoms with E-state index in [1.54, 1.807) is 19.2 Å². The number of piperidine rings is 1. The molecule has 1 saturated carbocycles. The Bertz CT molecular complexity index is 529. The van der Waals surface area contributed by atoms with Crippen molar-refractivity contribution in [3.8, 4) is 11.5 Å². The van der Waals surface area contributed by atoms with E-state index in [4.69, 9.17) is 4.74 Å². The minimum absolute atomic E-state index is 0.142. The molecule has 1 aliphatic heterocycles. The van der Waals surface area contributed by atoms with Crippen LogP contribution < -0.4 is 10.1 Å². The fourth-order valence-electron chi connectivity index (χ4n) is 4.04. The highest BCUT2D eigenvalue weighted by Gasteiger charge is 2.31. The largest absolute Gasteiger partial charge is 0.508 e. The predicted octanol–water partition coefficient (Wildman–Crippen LogP) is 2.26. The van der Waals surface area contributed by atoms with Gasteiger partial charge in [-0.1, -0.05) is 12.8 Å². The van der Waals surface area contributed by atoms with Crippen molar-refractivity contribution in [3.05, 3.63) is 23.8 Å². The van der Waals surface area contributed by atoms with Crippen LogP contribution in [0.3, 0.4) is 0 Å². The summed E-state index contributed by atoms with van der Waals surface area (Å²) in [6, 6.07) is 6.17. The number of aliphatic hydroxyl groups is 1. The standard InChI is InChI=1S/C19H30N2O3/c1-24-16-6-7-18(22)14(12-16)13-20-15-8-10-21(11-9-15)17-4-2-3-5-19(17)23/h6-7,12,15,17,19-20,22-23H,2-5,8-11,13H2,1H3. The maximum atomic E-state index is 10.2. The summed E-state index contributed by atoms with van der Waals surface area (Å²) in [5.41, 5.74) is 0.875. The Morgan fingerprint density at radius 1 is 1.17 bits per heavy atom. The van der Waals surface area contributed by atoms with Crippen molar-refractivity contribution in [1.82, 2.24) is 10.2 Å². The Balaban J connectivity index is 1.47. The molecule has 1 aromatic rings. The van der Waals surface area contributed by atoms with Crippen molar-refractivity contribution in [2.75, 3.05) is 20.2 Å². The molecule has 5 heteroatoms. The number of phenolic OH excluding ortho intramolecular Hbond substituents is 1. The SMILES string of the molecule is COc1ccc(O)c(CNC2CCN(C3CCCCC3O)CC2)c1. The van der Waals surface area contributed by atoms with Gasteiger partial charge in [-0.25, -0.2) is 0 Å². The van der Waals surface area contributed by atoms with Gasteiger partial charge in [-0.15, -0.1) is 0 Å². The molecular formula is C19H30N2O3. The topological polar surface area (TPSA) is 65.0 Å². The molecule has 24 heavy (non-hydrogen) atoms. The van der Waals surface area contributed by atoms with Crippen LogP contribution in [0.2, 0.25) is 0 Å². The first kappa shape index (κ1) is 17.5. The molecule has 1 heterocycles. The van der Waals surface area contributed by atoms with Gasteiger partial charge in [0.1, 0.15) is 11.5 Å². The fraction of sp³-hybridized carbons (Fsp3) is 0.684. The Labute approximate surface area is 144 Å². The van der Waals surface area contributed by atoms with Crippen molar-refractivity contribution >= 4 is 0 Å². The lowest BCUT2D eigenvalue weighted by Gasteiger charge is -2.41. The number of hydrogen-bond donors (Lipinski definition) is 3. The maximum Gasteiger partial charge on any atom is 0.120 e. The minimum Gasteiger partial charge on any atom is -0.508 e. The molecule has 0 amide bonds. The zero-order chi connectivity index (χ0) is 16.9. The summed E-state index contributed by atoms with van der Waals surface area (Å²) in [7, 11) is 1.64. The zero-order valence-electron chi connectivity index (χ0n) is 14.6. The van der Waals surface area contributed by atoms with Gasteiger partial charge in [-0.2, -0.15) is 0 Å². The van der Waals surface area contributed by atoms with Crippen molar-refractivity contribution in [1.29, 1.82) is 0 Å². The number of aromatic hydroxyl groups is 1. The molecular weight excluding hydrogens is 304 g/mol. The van der Waals surface area contributed by atoms with E-state index in [0.717, 1.165) is 50.1 Å². The van der Waals surface area contributed by atoms with E-state index >= 15 is 0 Å². The van der Waals surface area contributed by atoms with Gasteiger partial charge in [0, 0.05) is 37.3 Å². The second-order valence-corrected chi connectivity index (χ2v) is 7.10. The molecule has 1 saturated heterocycles. The Morgan fingerprint density at radius 3 is 2.62 bits per heavy atom. The van der Waals surface area contributed by atoms with E-state index in [-0.39, 0.29) is 6.10 Å². The Kier molecular flexibility index (Phi) is 5.98. The van der Waals surface area contributed by atoms with Crippen LogP contribution >= 0.6 is 0 Å². The van der Waals surface area contributed by atoms with Gasteiger partial charge < -0.3 is 20.3 Å². The van der Waals surface area contributed by atoms with Gasteiger partial charge in [-0.3, -0.25) is 4.90 Å². The normalized spacial score (nSPS) is 26.4. The number of aliphatic hydroxyl groups excluding tert-OH is 1. The maximum absolute atomic E-state index is 10.2. The highest BCUT2D eigenvalue weighted by molar-refractivity contribution is 5.39. The molecule has 1 aliphatic carbocycles. The molecule has 5 nitrogen and oxygen atoms in total. The lowest BCUT2D eigenvalue weighted by Crippen LogP contribution is -2.51. The van der Waals surface area contributed by atoms with E-state index in [9.17, 15) is 10.2 Å². The summed E-state index contributed by atoms with van der Waals surface area (Å²) < 4.78 is 5.22. The average Bonchev–Trinajstić information content (AvgIpc) is 2.62. The van der Waals surface area contributed by atoms with Crippen LogP contribution in [-0.2, 0) is 6.54 Å². The quantitative estimate of drug-likeness (QED) is 0.771. The van der Waals surface area contributed by atoms with E-state index in [0.29, 0.717) is 24.4 Å². The van der Waals surface area contributed by atoms with Crippen LogP contribution in [-0.4, -0.2) is 53.5 Å². The van der Waals surface area contributed by atoms with Gasteiger partial charge in [-0.05, 0) is 43.9 Å².